The quantitative estimate of drug-likeness (QED) is 0.560. The van der Waals surface area contributed by atoms with E-state index in [1.165, 1.54) is 12.0 Å². The van der Waals surface area contributed by atoms with Gasteiger partial charge in [0.1, 0.15) is 5.75 Å². The van der Waals surface area contributed by atoms with Crippen LogP contribution in [0.1, 0.15) is 32.3 Å². The van der Waals surface area contributed by atoms with Gasteiger partial charge in [0, 0.05) is 8.95 Å². The van der Waals surface area contributed by atoms with Gasteiger partial charge in [0.2, 0.25) is 0 Å². The van der Waals surface area contributed by atoms with Gasteiger partial charge in [-0.2, -0.15) is 0 Å². The Hall–Kier alpha value is -1.33. The van der Waals surface area contributed by atoms with Crippen LogP contribution in [-0.4, -0.2) is 12.0 Å². The Labute approximate surface area is 160 Å². The number of rotatable bonds is 7. The highest BCUT2D eigenvalue weighted by molar-refractivity contribution is 9.10. The number of aryl methyl sites for hydroxylation is 1. The molecule has 1 amide bonds. The molecule has 0 aliphatic heterocycles. The minimum absolute atomic E-state index is 0.183. The predicted octanol–water partition coefficient (Wildman–Crippen LogP) is 5.96. The van der Waals surface area contributed by atoms with Gasteiger partial charge in [-0.15, -0.1) is 0 Å². The second-order valence-corrected chi connectivity index (χ2v) is 7.39. The molecular formula is C19H21Br2NO2. The molecule has 1 atom stereocenters. The van der Waals surface area contributed by atoms with E-state index < -0.39 is 6.10 Å². The Bertz CT molecular complexity index is 704. The number of halogens is 2. The Kier molecular flexibility index (Phi) is 7.31. The van der Waals surface area contributed by atoms with Crippen LogP contribution in [0.5, 0.6) is 5.75 Å². The molecular weight excluding hydrogens is 434 g/mol. The lowest BCUT2D eigenvalue weighted by molar-refractivity contribution is -0.122. The molecule has 1 N–H and O–H groups in total. The molecule has 2 aromatic rings. The summed E-state index contributed by atoms with van der Waals surface area (Å²) in [5, 5.41) is 2.91. The summed E-state index contributed by atoms with van der Waals surface area (Å²) in [4.78, 5) is 12.3. The number of hydrogen-bond donors (Lipinski definition) is 1. The highest BCUT2D eigenvalue weighted by atomic mass is 79.9. The van der Waals surface area contributed by atoms with Crippen LogP contribution in [0.3, 0.4) is 0 Å². The number of benzene rings is 2. The molecule has 24 heavy (non-hydrogen) atoms. The van der Waals surface area contributed by atoms with Crippen molar-refractivity contribution in [3.8, 4) is 5.75 Å². The lowest BCUT2D eigenvalue weighted by Crippen LogP contribution is -2.30. The maximum atomic E-state index is 12.3. The third-order valence-electron chi connectivity index (χ3n) is 3.59. The van der Waals surface area contributed by atoms with Crippen molar-refractivity contribution in [1.82, 2.24) is 0 Å². The Morgan fingerprint density at radius 2 is 2.00 bits per heavy atom. The van der Waals surface area contributed by atoms with Crippen molar-refractivity contribution in [3.05, 3.63) is 57.0 Å². The normalized spacial score (nSPS) is 11.8. The summed E-state index contributed by atoms with van der Waals surface area (Å²) >= 11 is 6.92. The predicted molar refractivity (Wildman–Crippen MR) is 106 cm³/mol. The second-order valence-electron chi connectivity index (χ2n) is 5.62. The molecule has 0 aliphatic carbocycles. The van der Waals surface area contributed by atoms with Crippen LogP contribution in [0.25, 0.3) is 0 Å². The number of amides is 1. The van der Waals surface area contributed by atoms with Gasteiger partial charge >= 0.3 is 0 Å². The Morgan fingerprint density at radius 3 is 2.67 bits per heavy atom. The van der Waals surface area contributed by atoms with E-state index in [1.54, 1.807) is 6.92 Å². The molecule has 1 unspecified atom stereocenters. The van der Waals surface area contributed by atoms with Crippen molar-refractivity contribution in [2.24, 2.45) is 0 Å². The van der Waals surface area contributed by atoms with E-state index >= 15 is 0 Å². The zero-order valence-corrected chi connectivity index (χ0v) is 17.0. The van der Waals surface area contributed by atoms with Crippen molar-refractivity contribution in [3.63, 3.8) is 0 Å². The molecule has 0 bridgehead atoms. The van der Waals surface area contributed by atoms with Crippen molar-refractivity contribution in [2.75, 3.05) is 5.32 Å². The average Bonchev–Trinajstić information content (AvgIpc) is 2.55. The molecule has 0 fully saturated rings. The molecule has 0 spiro atoms. The fourth-order valence-electron chi connectivity index (χ4n) is 2.23. The number of carbonyl (C=O) groups is 1. The van der Waals surface area contributed by atoms with Gasteiger partial charge < -0.3 is 10.1 Å². The minimum atomic E-state index is -0.592. The SMILES string of the molecule is CCCCc1ccc(NC(=O)C(C)Oc2cccc(Br)c2)c(Br)c1. The topological polar surface area (TPSA) is 38.3 Å². The molecule has 0 aliphatic rings. The van der Waals surface area contributed by atoms with E-state index in [-0.39, 0.29) is 5.91 Å². The Balaban J connectivity index is 1.98. The summed E-state index contributed by atoms with van der Waals surface area (Å²) in [6.07, 6.45) is 2.79. The maximum absolute atomic E-state index is 12.3. The molecule has 3 nitrogen and oxygen atoms in total. The van der Waals surface area contributed by atoms with E-state index in [4.69, 9.17) is 4.74 Å². The van der Waals surface area contributed by atoms with Crippen LogP contribution in [-0.2, 0) is 11.2 Å². The zero-order valence-electron chi connectivity index (χ0n) is 13.8. The fraction of sp³-hybridized carbons (Fsp3) is 0.316. The van der Waals surface area contributed by atoms with Crippen molar-refractivity contribution in [2.45, 2.75) is 39.2 Å². The van der Waals surface area contributed by atoms with Crippen LogP contribution in [0, 0.1) is 0 Å². The second kappa shape index (κ2) is 9.23. The zero-order chi connectivity index (χ0) is 17.5. The first-order valence-electron chi connectivity index (χ1n) is 8.01. The van der Waals surface area contributed by atoms with Crippen molar-refractivity contribution >= 4 is 43.5 Å². The summed E-state index contributed by atoms with van der Waals surface area (Å²) in [6, 6.07) is 13.5. The van der Waals surface area contributed by atoms with E-state index in [0.29, 0.717) is 5.75 Å². The minimum Gasteiger partial charge on any atom is -0.481 e. The number of nitrogens with one attached hydrogen (secondary N) is 1. The summed E-state index contributed by atoms with van der Waals surface area (Å²) in [6.45, 7) is 3.91. The average molecular weight is 455 g/mol. The lowest BCUT2D eigenvalue weighted by atomic mass is 10.1. The van der Waals surface area contributed by atoms with Crippen LogP contribution >= 0.6 is 31.9 Å². The first kappa shape index (κ1) is 19.0. The van der Waals surface area contributed by atoms with Crippen LogP contribution < -0.4 is 10.1 Å². The molecule has 0 saturated carbocycles. The first-order valence-corrected chi connectivity index (χ1v) is 9.59. The molecule has 2 aromatic carbocycles. The molecule has 0 saturated heterocycles. The van der Waals surface area contributed by atoms with E-state index in [1.807, 2.05) is 30.3 Å². The first-order chi connectivity index (χ1) is 11.5. The molecule has 2 rings (SSSR count). The van der Waals surface area contributed by atoms with Gasteiger partial charge in [0.25, 0.3) is 5.91 Å². The van der Waals surface area contributed by atoms with Crippen LogP contribution in [0.15, 0.2) is 51.4 Å². The highest BCUT2D eigenvalue weighted by Gasteiger charge is 2.16. The highest BCUT2D eigenvalue weighted by Crippen LogP contribution is 2.25. The van der Waals surface area contributed by atoms with Gasteiger partial charge in [-0.3, -0.25) is 4.79 Å². The van der Waals surface area contributed by atoms with Crippen molar-refractivity contribution in [1.29, 1.82) is 0 Å². The van der Waals surface area contributed by atoms with E-state index in [2.05, 4.69) is 56.2 Å². The largest absolute Gasteiger partial charge is 0.481 e. The summed E-state index contributed by atoms with van der Waals surface area (Å²) in [5.74, 6) is 0.470. The smallest absolute Gasteiger partial charge is 0.265 e. The molecule has 0 heterocycles. The summed E-state index contributed by atoms with van der Waals surface area (Å²) < 4.78 is 7.49. The molecule has 5 heteroatoms. The lowest BCUT2D eigenvalue weighted by Gasteiger charge is -2.16. The van der Waals surface area contributed by atoms with E-state index in [0.717, 1.165) is 27.5 Å². The molecule has 0 radical (unpaired) electrons. The van der Waals surface area contributed by atoms with Crippen LogP contribution in [0.2, 0.25) is 0 Å². The van der Waals surface area contributed by atoms with Gasteiger partial charge in [0.15, 0.2) is 6.10 Å². The van der Waals surface area contributed by atoms with Crippen LogP contribution in [0.4, 0.5) is 5.69 Å². The van der Waals surface area contributed by atoms with Gasteiger partial charge in [-0.25, -0.2) is 0 Å². The number of carbonyl (C=O) groups excluding carboxylic acids is 1. The van der Waals surface area contributed by atoms with Gasteiger partial charge in [0.05, 0.1) is 5.69 Å². The maximum Gasteiger partial charge on any atom is 0.265 e. The number of anilines is 1. The summed E-state index contributed by atoms with van der Waals surface area (Å²) in [5.41, 5.74) is 2.02. The molecule has 128 valence electrons. The fourth-order valence-corrected chi connectivity index (χ4v) is 3.13. The molecule has 0 aromatic heterocycles. The number of hydrogen-bond acceptors (Lipinski definition) is 2. The third-order valence-corrected chi connectivity index (χ3v) is 4.74. The van der Waals surface area contributed by atoms with Crippen molar-refractivity contribution < 1.29 is 9.53 Å². The summed E-state index contributed by atoms with van der Waals surface area (Å²) in [7, 11) is 0. The van der Waals surface area contributed by atoms with Gasteiger partial charge in [-0.1, -0.05) is 41.4 Å². The van der Waals surface area contributed by atoms with E-state index in [9.17, 15) is 4.79 Å². The number of unbranched alkanes of at least 4 members (excludes halogenated alkanes) is 1. The third kappa shape index (κ3) is 5.64. The van der Waals surface area contributed by atoms with Gasteiger partial charge in [-0.05, 0) is 71.6 Å². The number of ether oxygens (including phenoxy) is 1. The standard InChI is InChI=1S/C19H21Br2NO2/c1-3-4-6-14-9-10-18(17(21)11-14)22-19(23)13(2)24-16-8-5-7-15(20)12-16/h5,7-13H,3-4,6H2,1-2H3,(H,22,23). The Morgan fingerprint density at radius 1 is 1.21 bits per heavy atom. The monoisotopic (exact) mass is 453 g/mol.